The van der Waals surface area contributed by atoms with Gasteiger partial charge in [0.1, 0.15) is 5.01 Å². The van der Waals surface area contributed by atoms with Crippen LogP contribution in [0.1, 0.15) is 26.5 Å². The van der Waals surface area contributed by atoms with Crippen LogP contribution in [-0.4, -0.2) is 14.1 Å². The van der Waals surface area contributed by atoms with Crippen molar-refractivity contribution in [2.24, 2.45) is 7.05 Å². The molecule has 2 aromatic heterocycles. The van der Waals surface area contributed by atoms with Crippen molar-refractivity contribution in [3.05, 3.63) is 68.4 Å². The van der Waals surface area contributed by atoms with Gasteiger partial charge in [0.25, 0.3) is 5.56 Å². The molecular formula is C18H19N3O2S. The maximum atomic E-state index is 12.5. The minimum atomic E-state index is -0.373. The minimum absolute atomic E-state index is 0.0894. The molecule has 0 bridgehead atoms. The monoisotopic (exact) mass is 341 g/mol. The van der Waals surface area contributed by atoms with Crippen molar-refractivity contribution in [1.82, 2.24) is 14.1 Å². The van der Waals surface area contributed by atoms with Crippen LogP contribution >= 0.6 is 11.3 Å². The maximum Gasteiger partial charge on any atom is 0.335 e. The second-order valence-electron chi connectivity index (χ2n) is 6.68. The topological polar surface area (TPSA) is 56.9 Å². The van der Waals surface area contributed by atoms with Gasteiger partial charge in [0.05, 0.1) is 16.9 Å². The second-order valence-corrected chi connectivity index (χ2v) is 7.54. The first-order chi connectivity index (χ1) is 11.3. The van der Waals surface area contributed by atoms with Crippen LogP contribution in [0.3, 0.4) is 0 Å². The number of rotatable bonds is 2. The Labute approximate surface area is 143 Å². The van der Waals surface area contributed by atoms with Crippen molar-refractivity contribution in [3.8, 4) is 16.3 Å². The molecule has 24 heavy (non-hydrogen) atoms. The third-order valence-corrected chi connectivity index (χ3v) is 4.70. The molecule has 0 aliphatic carbocycles. The molecule has 2 heterocycles. The van der Waals surface area contributed by atoms with Gasteiger partial charge in [0.15, 0.2) is 0 Å². The van der Waals surface area contributed by atoms with Gasteiger partial charge >= 0.3 is 5.69 Å². The average molecular weight is 341 g/mol. The molecule has 0 radical (unpaired) electrons. The van der Waals surface area contributed by atoms with Crippen molar-refractivity contribution in [2.45, 2.75) is 26.2 Å². The fourth-order valence-corrected chi connectivity index (χ4v) is 3.38. The summed E-state index contributed by atoms with van der Waals surface area (Å²) >= 11 is 1.42. The van der Waals surface area contributed by atoms with E-state index >= 15 is 0 Å². The standard InChI is InChI=1S/C18H19N3O2S/c1-18(2,3)14-11-24-15(19-14)13-10-21(12-8-6-5-7-9-12)17(23)20(4)16(13)22/h5-11H,1-4H3. The highest BCUT2D eigenvalue weighted by Crippen LogP contribution is 2.28. The molecule has 0 atom stereocenters. The van der Waals surface area contributed by atoms with Crippen molar-refractivity contribution in [2.75, 3.05) is 0 Å². The third kappa shape index (κ3) is 2.85. The molecule has 0 spiro atoms. The van der Waals surface area contributed by atoms with Crippen molar-refractivity contribution in [1.29, 1.82) is 0 Å². The van der Waals surface area contributed by atoms with Gasteiger partial charge in [-0.05, 0) is 12.1 Å². The highest BCUT2D eigenvalue weighted by Gasteiger charge is 2.20. The van der Waals surface area contributed by atoms with Gasteiger partial charge < -0.3 is 0 Å². The van der Waals surface area contributed by atoms with E-state index < -0.39 is 0 Å². The Morgan fingerprint density at radius 1 is 1.08 bits per heavy atom. The van der Waals surface area contributed by atoms with E-state index in [-0.39, 0.29) is 16.7 Å². The molecule has 5 nitrogen and oxygen atoms in total. The predicted molar refractivity (Wildman–Crippen MR) is 97.1 cm³/mol. The summed E-state index contributed by atoms with van der Waals surface area (Å²) in [5.41, 5.74) is 1.29. The number of aromatic nitrogens is 3. The van der Waals surface area contributed by atoms with Crippen LogP contribution in [0.4, 0.5) is 0 Å². The van der Waals surface area contributed by atoms with E-state index in [0.29, 0.717) is 16.3 Å². The first kappa shape index (κ1) is 16.4. The van der Waals surface area contributed by atoms with E-state index in [1.54, 1.807) is 6.20 Å². The molecule has 3 aromatic rings. The molecule has 3 rings (SSSR count). The van der Waals surface area contributed by atoms with Crippen LogP contribution in [0.5, 0.6) is 0 Å². The summed E-state index contributed by atoms with van der Waals surface area (Å²) in [5, 5.41) is 2.59. The van der Waals surface area contributed by atoms with E-state index in [0.717, 1.165) is 10.3 Å². The quantitative estimate of drug-likeness (QED) is 0.720. The summed E-state index contributed by atoms with van der Waals surface area (Å²) in [6.07, 6.45) is 1.59. The third-order valence-electron chi connectivity index (χ3n) is 3.82. The summed E-state index contributed by atoms with van der Waals surface area (Å²) in [6.45, 7) is 6.23. The van der Waals surface area contributed by atoms with Crippen LogP contribution in [0.2, 0.25) is 0 Å². The molecule has 6 heteroatoms. The van der Waals surface area contributed by atoms with Gasteiger partial charge in [-0.1, -0.05) is 39.0 Å². The highest BCUT2D eigenvalue weighted by molar-refractivity contribution is 7.13. The van der Waals surface area contributed by atoms with Gasteiger partial charge in [0, 0.05) is 24.0 Å². The molecule has 0 saturated carbocycles. The van der Waals surface area contributed by atoms with Crippen LogP contribution in [0.25, 0.3) is 16.3 Å². The molecule has 0 aliphatic heterocycles. The molecule has 0 amide bonds. The molecule has 124 valence electrons. The predicted octanol–water partition coefficient (Wildman–Crippen LogP) is 2.96. The van der Waals surface area contributed by atoms with Gasteiger partial charge in [-0.25, -0.2) is 9.78 Å². The Morgan fingerprint density at radius 3 is 2.33 bits per heavy atom. The minimum Gasteiger partial charge on any atom is -0.268 e. The Balaban J connectivity index is 2.23. The lowest BCUT2D eigenvalue weighted by molar-refractivity contribution is 0.573. The zero-order valence-electron chi connectivity index (χ0n) is 14.1. The fraction of sp³-hybridized carbons (Fsp3) is 0.278. The maximum absolute atomic E-state index is 12.5. The lowest BCUT2D eigenvalue weighted by atomic mass is 9.93. The average Bonchev–Trinajstić information content (AvgIpc) is 3.04. The zero-order valence-corrected chi connectivity index (χ0v) is 14.9. The molecule has 0 aliphatic rings. The number of hydrogen-bond acceptors (Lipinski definition) is 4. The van der Waals surface area contributed by atoms with Crippen LogP contribution in [-0.2, 0) is 12.5 Å². The Morgan fingerprint density at radius 2 is 1.75 bits per heavy atom. The molecule has 1 aromatic carbocycles. The van der Waals surface area contributed by atoms with Gasteiger partial charge in [0.2, 0.25) is 0 Å². The molecule has 0 saturated heterocycles. The molecule has 0 unspecified atom stereocenters. The Hall–Kier alpha value is -2.47. The SMILES string of the molecule is Cn1c(=O)c(-c2nc(C(C)(C)C)cs2)cn(-c2ccccc2)c1=O. The number of para-hydroxylation sites is 1. The van der Waals surface area contributed by atoms with E-state index in [2.05, 4.69) is 25.8 Å². The van der Waals surface area contributed by atoms with Crippen molar-refractivity contribution >= 4 is 11.3 Å². The molecule has 0 fully saturated rings. The van der Waals surface area contributed by atoms with E-state index in [1.165, 1.54) is 23.0 Å². The summed E-state index contributed by atoms with van der Waals surface area (Å²) < 4.78 is 2.61. The van der Waals surface area contributed by atoms with Gasteiger partial charge in [-0.2, -0.15) is 0 Å². The second kappa shape index (κ2) is 5.87. The number of hydrogen-bond donors (Lipinski definition) is 0. The first-order valence-electron chi connectivity index (χ1n) is 7.63. The summed E-state index contributed by atoms with van der Waals surface area (Å²) in [7, 11) is 1.49. The highest BCUT2D eigenvalue weighted by atomic mass is 32.1. The summed E-state index contributed by atoms with van der Waals surface area (Å²) in [5.74, 6) is 0. The lowest BCUT2D eigenvalue weighted by Crippen LogP contribution is -2.37. The lowest BCUT2D eigenvalue weighted by Gasteiger charge is -2.14. The Kier molecular flexibility index (Phi) is 4.01. The summed E-state index contributed by atoms with van der Waals surface area (Å²) in [4.78, 5) is 29.6. The van der Waals surface area contributed by atoms with Crippen molar-refractivity contribution in [3.63, 3.8) is 0 Å². The first-order valence-corrected chi connectivity index (χ1v) is 8.51. The largest absolute Gasteiger partial charge is 0.335 e. The van der Waals surface area contributed by atoms with Crippen LogP contribution in [0, 0.1) is 0 Å². The fourth-order valence-electron chi connectivity index (χ4n) is 2.33. The molecular weight excluding hydrogens is 322 g/mol. The number of nitrogens with zero attached hydrogens (tertiary/aromatic N) is 3. The van der Waals surface area contributed by atoms with Crippen LogP contribution in [0.15, 0.2) is 51.5 Å². The van der Waals surface area contributed by atoms with E-state index in [9.17, 15) is 9.59 Å². The molecule has 0 N–H and O–H groups in total. The van der Waals surface area contributed by atoms with Crippen molar-refractivity contribution < 1.29 is 0 Å². The van der Waals surface area contributed by atoms with Gasteiger partial charge in [-0.15, -0.1) is 11.3 Å². The number of benzene rings is 1. The Bertz CT molecular complexity index is 992. The normalized spacial score (nSPS) is 11.7. The van der Waals surface area contributed by atoms with Crippen LogP contribution < -0.4 is 11.2 Å². The van der Waals surface area contributed by atoms with Gasteiger partial charge in [-0.3, -0.25) is 13.9 Å². The van der Waals surface area contributed by atoms with E-state index in [1.807, 2.05) is 35.7 Å². The number of thiazole rings is 1. The summed E-state index contributed by atoms with van der Waals surface area (Å²) in [6, 6.07) is 9.26. The van der Waals surface area contributed by atoms with E-state index in [4.69, 9.17) is 0 Å². The smallest absolute Gasteiger partial charge is 0.268 e. The zero-order chi connectivity index (χ0) is 17.5.